The van der Waals surface area contributed by atoms with E-state index >= 15 is 0 Å². The lowest BCUT2D eigenvalue weighted by atomic mass is 9.82. The number of nitrogens with zero attached hydrogens (tertiary/aromatic N) is 2. The number of rotatable bonds is 3. The molecule has 136 valence electrons. The van der Waals surface area contributed by atoms with Crippen LogP contribution in [0.5, 0.6) is 0 Å². The lowest BCUT2D eigenvalue weighted by Gasteiger charge is -2.34. The molecule has 2 aliphatic heterocycles. The van der Waals surface area contributed by atoms with Gasteiger partial charge in [-0.3, -0.25) is 4.79 Å². The minimum absolute atomic E-state index is 0.0105. The summed E-state index contributed by atoms with van der Waals surface area (Å²) in [5.74, 6) is 0. The zero-order valence-corrected chi connectivity index (χ0v) is 15.3. The minimum atomic E-state index is -0.0318. The lowest BCUT2D eigenvalue weighted by Crippen LogP contribution is -2.33. The maximum Gasteiger partial charge on any atom is 0.153 e. The number of ether oxygens (including phenoxy) is 2. The number of carbonyl (C=O) groups excluding carboxylic acids is 1. The maximum atomic E-state index is 11.6. The predicted octanol–water partition coefficient (Wildman–Crippen LogP) is 4.29. The normalized spacial score (nSPS) is 31.9. The molecular formula is C20H28N2O3. The monoisotopic (exact) mass is 344 g/mol. The number of hydrogen-bond acceptors (Lipinski definition) is 4. The number of aromatic nitrogens is 2. The van der Waals surface area contributed by atoms with Crippen molar-refractivity contribution < 1.29 is 14.3 Å². The van der Waals surface area contributed by atoms with E-state index in [1.165, 1.54) is 5.57 Å². The Morgan fingerprint density at radius 2 is 2.16 bits per heavy atom. The molecule has 3 aliphatic rings. The first-order chi connectivity index (χ1) is 12.0. The Labute approximate surface area is 149 Å². The summed E-state index contributed by atoms with van der Waals surface area (Å²) in [4.78, 5) is 11.6. The fraction of sp³-hybridized carbons (Fsp3) is 0.700. The van der Waals surface area contributed by atoms with Crippen molar-refractivity contribution in [2.75, 3.05) is 6.61 Å². The Hall–Kier alpha value is -1.46. The Morgan fingerprint density at radius 1 is 1.28 bits per heavy atom. The summed E-state index contributed by atoms with van der Waals surface area (Å²) in [7, 11) is 0. The minimum Gasteiger partial charge on any atom is -0.369 e. The molecule has 0 bridgehead atoms. The van der Waals surface area contributed by atoms with Crippen molar-refractivity contribution in [1.29, 1.82) is 0 Å². The first-order valence-electron chi connectivity index (χ1n) is 9.56. The molecule has 5 nitrogen and oxygen atoms in total. The standard InChI is InChI=1S/C20H28N2O3/c1-19(2)10-11-20(25-19)8-6-15(7-9-20)18-16(14-23)13-22(21-18)17-5-3-4-12-24-17/h6,13-14,17H,3-5,7-12H2,1-2H3. The van der Waals surface area contributed by atoms with Gasteiger partial charge in [0.25, 0.3) is 0 Å². The van der Waals surface area contributed by atoms with Gasteiger partial charge in [-0.1, -0.05) is 6.08 Å². The zero-order chi connectivity index (χ0) is 17.5. The fourth-order valence-corrected chi connectivity index (χ4v) is 4.45. The van der Waals surface area contributed by atoms with E-state index in [4.69, 9.17) is 14.6 Å². The van der Waals surface area contributed by atoms with Gasteiger partial charge in [0.15, 0.2) is 6.29 Å². The summed E-state index contributed by atoms with van der Waals surface area (Å²) in [6, 6.07) is 0. The Bertz CT molecular complexity index is 685. The third-order valence-electron chi connectivity index (χ3n) is 5.89. The predicted molar refractivity (Wildman–Crippen MR) is 95.4 cm³/mol. The van der Waals surface area contributed by atoms with Crippen molar-refractivity contribution >= 4 is 11.9 Å². The average Bonchev–Trinajstić information content (AvgIpc) is 3.18. The lowest BCUT2D eigenvalue weighted by molar-refractivity contribution is -0.0888. The average molecular weight is 344 g/mol. The summed E-state index contributed by atoms with van der Waals surface area (Å²) >= 11 is 0. The smallest absolute Gasteiger partial charge is 0.153 e. The van der Waals surface area contributed by atoms with Crippen LogP contribution >= 0.6 is 0 Å². The van der Waals surface area contributed by atoms with Gasteiger partial charge >= 0.3 is 0 Å². The maximum absolute atomic E-state index is 11.6. The first kappa shape index (κ1) is 17.0. The molecule has 5 heteroatoms. The van der Waals surface area contributed by atoms with Crippen LogP contribution in [0.1, 0.15) is 87.5 Å². The summed E-state index contributed by atoms with van der Waals surface area (Å²) in [6.45, 7) is 5.13. The van der Waals surface area contributed by atoms with Crippen LogP contribution in [0.4, 0.5) is 0 Å². The van der Waals surface area contributed by atoms with Gasteiger partial charge < -0.3 is 9.47 Å². The van der Waals surface area contributed by atoms with Crippen LogP contribution in [-0.2, 0) is 9.47 Å². The van der Waals surface area contributed by atoms with E-state index in [-0.39, 0.29) is 17.4 Å². The van der Waals surface area contributed by atoms with Gasteiger partial charge in [0.1, 0.15) is 6.23 Å². The molecule has 2 fully saturated rings. The fourth-order valence-electron chi connectivity index (χ4n) is 4.45. The molecule has 0 N–H and O–H groups in total. The Kier molecular flexibility index (Phi) is 4.32. The molecule has 3 heterocycles. The molecular weight excluding hydrogens is 316 g/mol. The highest BCUT2D eigenvalue weighted by atomic mass is 16.5. The van der Waals surface area contributed by atoms with E-state index < -0.39 is 0 Å². The third-order valence-corrected chi connectivity index (χ3v) is 5.89. The van der Waals surface area contributed by atoms with Gasteiger partial charge in [-0.2, -0.15) is 5.10 Å². The van der Waals surface area contributed by atoms with E-state index in [1.807, 2.05) is 10.9 Å². The summed E-state index contributed by atoms with van der Waals surface area (Å²) < 4.78 is 14.0. The topological polar surface area (TPSA) is 53.4 Å². The summed E-state index contributed by atoms with van der Waals surface area (Å²) in [5, 5.41) is 4.72. The SMILES string of the molecule is CC1(C)CCC2(CC=C(c3nn(C4CCCCO4)cc3C=O)CC2)O1. The quantitative estimate of drug-likeness (QED) is 0.768. The molecule has 1 aliphatic carbocycles. The molecule has 0 amide bonds. The highest BCUT2D eigenvalue weighted by molar-refractivity contribution is 5.84. The van der Waals surface area contributed by atoms with Crippen molar-refractivity contribution in [1.82, 2.24) is 9.78 Å². The van der Waals surface area contributed by atoms with Crippen molar-refractivity contribution in [2.24, 2.45) is 0 Å². The van der Waals surface area contributed by atoms with Gasteiger partial charge in [-0.15, -0.1) is 0 Å². The van der Waals surface area contributed by atoms with Crippen molar-refractivity contribution in [3.63, 3.8) is 0 Å². The molecule has 1 aromatic rings. The molecule has 1 aromatic heterocycles. The van der Waals surface area contributed by atoms with Gasteiger partial charge in [-0.25, -0.2) is 4.68 Å². The first-order valence-corrected chi connectivity index (χ1v) is 9.56. The largest absolute Gasteiger partial charge is 0.369 e. The van der Waals surface area contributed by atoms with Gasteiger partial charge in [0.2, 0.25) is 0 Å². The van der Waals surface area contributed by atoms with Crippen molar-refractivity contribution in [3.8, 4) is 0 Å². The highest BCUT2D eigenvalue weighted by Gasteiger charge is 2.44. The van der Waals surface area contributed by atoms with Crippen molar-refractivity contribution in [2.45, 2.75) is 82.6 Å². The molecule has 0 radical (unpaired) electrons. The van der Waals surface area contributed by atoms with E-state index in [0.29, 0.717) is 5.56 Å². The second kappa shape index (κ2) is 6.36. The molecule has 2 saturated heterocycles. The van der Waals surface area contributed by atoms with Crippen LogP contribution in [0.3, 0.4) is 0 Å². The number of aldehydes is 1. The molecule has 1 spiro atoms. The van der Waals surface area contributed by atoms with Crippen molar-refractivity contribution in [3.05, 3.63) is 23.5 Å². The van der Waals surface area contributed by atoms with E-state index in [2.05, 4.69) is 19.9 Å². The zero-order valence-electron chi connectivity index (χ0n) is 15.3. The van der Waals surface area contributed by atoms with Gasteiger partial charge in [-0.05, 0) is 70.8 Å². The van der Waals surface area contributed by atoms with Crippen LogP contribution in [0.25, 0.3) is 5.57 Å². The second-order valence-electron chi connectivity index (χ2n) is 8.33. The molecule has 2 atom stereocenters. The second-order valence-corrected chi connectivity index (χ2v) is 8.33. The van der Waals surface area contributed by atoms with Gasteiger partial charge in [0, 0.05) is 12.8 Å². The Morgan fingerprint density at radius 3 is 2.76 bits per heavy atom. The summed E-state index contributed by atoms with van der Waals surface area (Å²) in [5.41, 5.74) is 2.65. The van der Waals surface area contributed by atoms with Crippen LogP contribution in [-0.4, -0.2) is 33.9 Å². The molecule has 0 saturated carbocycles. The molecule has 0 aromatic carbocycles. The number of allylic oxidation sites excluding steroid dienone is 1. The van der Waals surface area contributed by atoms with Gasteiger partial charge in [0.05, 0.1) is 22.5 Å². The summed E-state index contributed by atoms with van der Waals surface area (Å²) in [6.07, 6.45) is 13.3. The number of hydrogen-bond donors (Lipinski definition) is 0. The van der Waals surface area contributed by atoms with E-state index in [1.54, 1.807) is 0 Å². The molecule has 25 heavy (non-hydrogen) atoms. The number of carbonyl (C=O) groups is 1. The van der Waals surface area contributed by atoms with Crippen LogP contribution in [0.2, 0.25) is 0 Å². The third kappa shape index (κ3) is 3.32. The Balaban J connectivity index is 1.55. The van der Waals surface area contributed by atoms with Crippen LogP contribution in [0.15, 0.2) is 12.3 Å². The van der Waals surface area contributed by atoms with E-state index in [9.17, 15) is 4.79 Å². The molecule has 4 rings (SSSR count). The highest BCUT2D eigenvalue weighted by Crippen LogP contribution is 2.47. The van der Waals surface area contributed by atoms with E-state index in [0.717, 1.165) is 70.0 Å². The van der Waals surface area contributed by atoms with Crippen LogP contribution in [0, 0.1) is 0 Å². The molecule has 2 unspecified atom stereocenters. The van der Waals surface area contributed by atoms with Crippen LogP contribution < -0.4 is 0 Å².